The SMILES string of the molecule is CNC(=O)c1n[nH]nc1NC(=O)NCC1(SC)CC1. The summed E-state index contributed by atoms with van der Waals surface area (Å²) < 4.78 is 0.185. The molecule has 0 bridgehead atoms. The predicted molar refractivity (Wildman–Crippen MR) is 72.3 cm³/mol. The van der Waals surface area contributed by atoms with E-state index in [0.717, 1.165) is 12.8 Å². The maximum Gasteiger partial charge on any atom is 0.320 e. The Labute approximate surface area is 114 Å². The number of aromatic nitrogens is 3. The van der Waals surface area contributed by atoms with Crippen molar-refractivity contribution in [2.24, 2.45) is 0 Å². The summed E-state index contributed by atoms with van der Waals surface area (Å²) in [5.74, 6) is -0.294. The average Bonchev–Trinajstić information content (AvgIpc) is 3.07. The van der Waals surface area contributed by atoms with Crippen LogP contribution in [0, 0.1) is 0 Å². The molecule has 0 radical (unpaired) electrons. The first kappa shape index (κ1) is 13.7. The van der Waals surface area contributed by atoms with Crippen molar-refractivity contribution in [3.8, 4) is 0 Å². The predicted octanol–water partition coefficient (Wildman–Crippen LogP) is 0.181. The van der Waals surface area contributed by atoms with E-state index in [1.165, 1.54) is 7.05 Å². The van der Waals surface area contributed by atoms with Crippen LogP contribution in [0.25, 0.3) is 0 Å². The normalized spacial score (nSPS) is 15.7. The van der Waals surface area contributed by atoms with Gasteiger partial charge in [0.25, 0.3) is 5.91 Å². The summed E-state index contributed by atoms with van der Waals surface area (Å²) in [6.07, 6.45) is 4.26. The van der Waals surface area contributed by atoms with Crippen molar-refractivity contribution >= 4 is 29.5 Å². The zero-order chi connectivity index (χ0) is 13.9. The van der Waals surface area contributed by atoms with E-state index in [1.54, 1.807) is 11.8 Å². The maximum atomic E-state index is 11.7. The molecule has 3 amide bonds. The number of aromatic amines is 1. The second kappa shape index (κ2) is 5.47. The lowest BCUT2D eigenvalue weighted by atomic mass is 10.4. The molecule has 0 aliphatic heterocycles. The van der Waals surface area contributed by atoms with Crippen molar-refractivity contribution in [1.29, 1.82) is 0 Å². The third-order valence-electron chi connectivity index (χ3n) is 3.03. The highest BCUT2D eigenvalue weighted by Gasteiger charge is 2.42. The van der Waals surface area contributed by atoms with Crippen LogP contribution >= 0.6 is 11.8 Å². The summed E-state index contributed by atoms with van der Waals surface area (Å²) in [5, 5.41) is 17.4. The first-order chi connectivity index (χ1) is 9.10. The third kappa shape index (κ3) is 3.16. The van der Waals surface area contributed by atoms with Gasteiger partial charge in [-0.3, -0.25) is 10.1 Å². The second-order valence-corrected chi connectivity index (χ2v) is 5.57. The second-order valence-electron chi connectivity index (χ2n) is 4.29. The summed E-state index contributed by atoms with van der Waals surface area (Å²) in [7, 11) is 1.48. The van der Waals surface area contributed by atoms with Crippen LogP contribution in [0.15, 0.2) is 0 Å². The molecule has 1 heterocycles. The Morgan fingerprint density at radius 3 is 2.74 bits per heavy atom. The van der Waals surface area contributed by atoms with E-state index in [9.17, 15) is 9.59 Å². The first-order valence-electron chi connectivity index (χ1n) is 5.83. The van der Waals surface area contributed by atoms with Crippen LogP contribution in [0.2, 0.25) is 0 Å². The Morgan fingerprint density at radius 1 is 1.42 bits per heavy atom. The van der Waals surface area contributed by atoms with Gasteiger partial charge in [0.15, 0.2) is 11.5 Å². The van der Waals surface area contributed by atoms with Crippen LogP contribution in [0.5, 0.6) is 0 Å². The van der Waals surface area contributed by atoms with Gasteiger partial charge in [0, 0.05) is 18.3 Å². The lowest BCUT2D eigenvalue weighted by Crippen LogP contribution is -2.35. The van der Waals surface area contributed by atoms with E-state index >= 15 is 0 Å². The maximum absolute atomic E-state index is 11.7. The number of H-pyrrole nitrogens is 1. The summed E-state index contributed by atoms with van der Waals surface area (Å²) in [4.78, 5) is 23.2. The van der Waals surface area contributed by atoms with Crippen LogP contribution in [0.4, 0.5) is 10.6 Å². The van der Waals surface area contributed by atoms with E-state index < -0.39 is 5.91 Å². The van der Waals surface area contributed by atoms with Crippen LogP contribution in [-0.4, -0.2) is 51.9 Å². The van der Waals surface area contributed by atoms with Crippen LogP contribution in [-0.2, 0) is 0 Å². The molecule has 1 fully saturated rings. The highest BCUT2D eigenvalue weighted by atomic mass is 32.2. The summed E-state index contributed by atoms with van der Waals surface area (Å²) in [6, 6.07) is -0.389. The number of carbonyl (C=O) groups is 2. The minimum atomic E-state index is -0.410. The Bertz CT molecular complexity index is 484. The number of nitrogens with one attached hydrogen (secondary N) is 4. The van der Waals surface area contributed by atoms with E-state index in [1.807, 2.05) is 6.26 Å². The number of amides is 3. The molecule has 19 heavy (non-hydrogen) atoms. The Hall–Kier alpha value is -1.77. The Morgan fingerprint density at radius 2 is 2.16 bits per heavy atom. The molecule has 4 N–H and O–H groups in total. The minimum Gasteiger partial charge on any atom is -0.354 e. The zero-order valence-electron chi connectivity index (χ0n) is 10.7. The fraction of sp³-hybridized carbons (Fsp3) is 0.600. The molecule has 104 valence electrons. The zero-order valence-corrected chi connectivity index (χ0v) is 11.6. The van der Waals surface area contributed by atoms with Gasteiger partial charge in [-0.1, -0.05) is 0 Å². The van der Waals surface area contributed by atoms with Gasteiger partial charge in [-0.15, -0.1) is 10.2 Å². The average molecular weight is 284 g/mol. The van der Waals surface area contributed by atoms with E-state index in [-0.39, 0.29) is 22.3 Å². The van der Waals surface area contributed by atoms with Crippen molar-refractivity contribution in [3.05, 3.63) is 5.69 Å². The number of thioether (sulfide) groups is 1. The number of hydrogen-bond acceptors (Lipinski definition) is 5. The molecule has 0 saturated heterocycles. The molecule has 8 nitrogen and oxygen atoms in total. The van der Waals surface area contributed by atoms with Gasteiger partial charge in [0.05, 0.1) is 0 Å². The summed E-state index contributed by atoms with van der Waals surface area (Å²) in [5.41, 5.74) is 0.0589. The lowest BCUT2D eigenvalue weighted by molar-refractivity contribution is 0.0959. The van der Waals surface area contributed by atoms with Crippen molar-refractivity contribution in [3.63, 3.8) is 0 Å². The molecule has 1 aromatic rings. The Kier molecular flexibility index (Phi) is 3.93. The lowest BCUT2D eigenvalue weighted by Gasteiger charge is -2.13. The third-order valence-corrected chi connectivity index (χ3v) is 4.45. The number of rotatable bonds is 5. The molecule has 1 aliphatic rings. The van der Waals surface area contributed by atoms with Crippen molar-refractivity contribution in [2.45, 2.75) is 17.6 Å². The molecule has 1 aromatic heterocycles. The fourth-order valence-electron chi connectivity index (χ4n) is 1.58. The Balaban J connectivity index is 1.88. The van der Waals surface area contributed by atoms with Gasteiger partial charge >= 0.3 is 6.03 Å². The summed E-state index contributed by atoms with van der Waals surface area (Å²) >= 11 is 1.76. The summed E-state index contributed by atoms with van der Waals surface area (Å²) in [6.45, 7) is 0.604. The number of urea groups is 1. The van der Waals surface area contributed by atoms with Gasteiger partial charge in [0.1, 0.15) is 0 Å². The van der Waals surface area contributed by atoms with E-state index in [4.69, 9.17) is 0 Å². The molecule has 1 saturated carbocycles. The largest absolute Gasteiger partial charge is 0.354 e. The van der Waals surface area contributed by atoms with Crippen molar-refractivity contribution in [1.82, 2.24) is 26.0 Å². The van der Waals surface area contributed by atoms with Gasteiger partial charge in [0.2, 0.25) is 0 Å². The molecule has 0 atom stereocenters. The van der Waals surface area contributed by atoms with Crippen LogP contribution in [0.1, 0.15) is 23.3 Å². The molecule has 9 heteroatoms. The highest BCUT2D eigenvalue weighted by Crippen LogP contribution is 2.46. The molecule has 0 unspecified atom stereocenters. The standard InChI is InChI=1S/C10H16N6O2S/c1-11-8(17)6-7(15-16-14-6)13-9(18)12-5-10(19-2)3-4-10/h3-5H2,1-2H3,(H,11,17)(H3,12,13,14,15,16,18). The smallest absolute Gasteiger partial charge is 0.320 e. The minimum absolute atomic E-state index is 0.0589. The van der Waals surface area contributed by atoms with Gasteiger partial charge in [-0.2, -0.15) is 17.0 Å². The number of carbonyl (C=O) groups excluding carboxylic acids is 2. The number of hydrogen-bond donors (Lipinski definition) is 4. The van der Waals surface area contributed by atoms with E-state index in [0.29, 0.717) is 6.54 Å². The molecule has 2 rings (SSSR count). The van der Waals surface area contributed by atoms with Gasteiger partial charge in [-0.05, 0) is 19.1 Å². The molecule has 0 aromatic carbocycles. The molecular weight excluding hydrogens is 268 g/mol. The van der Waals surface area contributed by atoms with Crippen molar-refractivity contribution in [2.75, 3.05) is 25.2 Å². The molecule has 0 spiro atoms. The fourth-order valence-corrected chi connectivity index (χ4v) is 2.31. The van der Waals surface area contributed by atoms with Crippen LogP contribution < -0.4 is 16.0 Å². The molecule has 1 aliphatic carbocycles. The highest BCUT2D eigenvalue weighted by molar-refractivity contribution is 8.00. The van der Waals surface area contributed by atoms with Crippen molar-refractivity contribution < 1.29 is 9.59 Å². The number of nitrogens with zero attached hydrogens (tertiary/aromatic N) is 2. The van der Waals surface area contributed by atoms with Gasteiger partial charge in [-0.25, -0.2) is 4.79 Å². The monoisotopic (exact) mass is 284 g/mol. The first-order valence-corrected chi connectivity index (χ1v) is 7.05. The van der Waals surface area contributed by atoms with E-state index in [2.05, 4.69) is 31.4 Å². The van der Waals surface area contributed by atoms with Gasteiger partial charge < -0.3 is 10.6 Å². The quantitative estimate of drug-likeness (QED) is 0.616. The van der Waals surface area contributed by atoms with Crippen LogP contribution in [0.3, 0.4) is 0 Å². The molecular formula is C10H16N6O2S. The topological polar surface area (TPSA) is 112 Å². The number of anilines is 1.